The highest BCUT2D eigenvalue weighted by molar-refractivity contribution is 5.86. The quantitative estimate of drug-likeness (QED) is 0.750. The number of alkyl halides is 2. The van der Waals surface area contributed by atoms with E-state index >= 15 is 0 Å². The number of hydrogen-bond acceptors (Lipinski definition) is 3. The molecule has 1 heterocycles. The van der Waals surface area contributed by atoms with Gasteiger partial charge in [0, 0.05) is 5.69 Å². The van der Waals surface area contributed by atoms with Crippen molar-refractivity contribution in [1.29, 1.82) is 0 Å². The number of rotatable bonds is 3. The molecule has 4 nitrogen and oxygen atoms in total. The number of allylic oxidation sites excluding steroid dienone is 1. The number of anilines is 1. The van der Waals surface area contributed by atoms with Crippen LogP contribution in [0.25, 0.3) is 0 Å². The highest BCUT2D eigenvalue weighted by Gasteiger charge is 2.30. The number of halogens is 2. The zero-order valence-electron chi connectivity index (χ0n) is 7.58. The number of nitrogens with zero attached hydrogens (tertiary/aromatic N) is 1. The first-order valence-corrected chi connectivity index (χ1v) is 3.89. The van der Waals surface area contributed by atoms with Crippen molar-refractivity contribution >= 4 is 11.7 Å². The van der Waals surface area contributed by atoms with E-state index in [0.717, 1.165) is 12.1 Å². The Kier molecular flexibility index (Phi) is 2.69. The number of pyridine rings is 1. The third-order valence-electron chi connectivity index (χ3n) is 1.66. The van der Waals surface area contributed by atoms with E-state index in [4.69, 9.17) is 10.8 Å². The Morgan fingerprint density at radius 1 is 1.60 bits per heavy atom. The first-order chi connectivity index (χ1) is 6.86. The largest absolute Gasteiger partial charge is 0.477 e. The number of carboxylic acids is 1. The van der Waals surface area contributed by atoms with Gasteiger partial charge in [0.15, 0.2) is 5.69 Å². The lowest BCUT2D eigenvalue weighted by atomic mass is 10.2. The number of carbonyl (C=O) groups is 1. The van der Waals surface area contributed by atoms with Gasteiger partial charge in [0.1, 0.15) is 5.69 Å². The fourth-order valence-corrected chi connectivity index (χ4v) is 0.937. The monoisotopic (exact) mass is 214 g/mol. The normalized spacial score (nSPS) is 11.1. The van der Waals surface area contributed by atoms with Crippen LogP contribution in [0, 0.1) is 0 Å². The molecule has 0 saturated carbocycles. The van der Waals surface area contributed by atoms with Crippen LogP contribution in [0.4, 0.5) is 14.5 Å². The summed E-state index contributed by atoms with van der Waals surface area (Å²) < 4.78 is 26.2. The minimum Gasteiger partial charge on any atom is -0.477 e. The van der Waals surface area contributed by atoms with Crippen molar-refractivity contribution < 1.29 is 18.7 Å². The molecule has 0 atom stereocenters. The van der Waals surface area contributed by atoms with Crippen LogP contribution < -0.4 is 5.73 Å². The molecule has 0 bridgehead atoms. The van der Waals surface area contributed by atoms with Crippen molar-refractivity contribution in [2.45, 2.75) is 5.92 Å². The summed E-state index contributed by atoms with van der Waals surface area (Å²) in [4.78, 5) is 13.8. The standard InChI is InChI=1S/C9H8F2N2O2/c1-2-9(10,11)7-4-5(12)3-6(13-7)8(14)15/h2-4H,1H2,(H2,12,13)(H,14,15). The van der Waals surface area contributed by atoms with Crippen molar-refractivity contribution in [2.24, 2.45) is 0 Å². The highest BCUT2D eigenvalue weighted by Crippen LogP contribution is 2.28. The van der Waals surface area contributed by atoms with Gasteiger partial charge in [-0.2, -0.15) is 8.78 Å². The van der Waals surface area contributed by atoms with Crippen LogP contribution >= 0.6 is 0 Å². The maximum absolute atomic E-state index is 13.1. The molecule has 6 heteroatoms. The van der Waals surface area contributed by atoms with E-state index in [2.05, 4.69) is 11.6 Å². The number of nitrogens with two attached hydrogens (primary N) is 1. The summed E-state index contributed by atoms with van der Waals surface area (Å²) in [5, 5.41) is 8.58. The molecule has 0 amide bonds. The summed E-state index contributed by atoms with van der Waals surface area (Å²) in [5.41, 5.74) is 3.94. The van der Waals surface area contributed by atoms with E-state index in [-0.39, 0.29) is 5.69 Å². The molecular weight excluding hydrogens is 206 g/mol. The van der Waals surface area contributed by atoms with E-state index in [9.17, 15) is 13.6 Å². The molecule has 0 fully saturated rings. The third-order valence-corrected chi connectivity index (χ3v) is 1.66. The molecule has 0 unspecified atom stereocenters. The van der Waals surface area contributed by atoms with Crippen molar-refractivity contribution in [3.63, 3.8) is 0 Å². The molecule has 0 aromatic carbocycles. The second-order valence-electron chi connectivity index (χ2n) is 2.80. The maximum atomic E-state index is 13.1. The summed E-state index contributed by atoms with van der Waals surface area (Å²) in [7, 11) is 0. The van der Waals surface area contributed by atoms with E-state index in [1.165, 1.54) is 0 Å². The van der Waals surface area contributed by atoms with E-state index < -0.39 is 23.3 Å². The Balaban J connectivity index is 3.32. The molecule has 1 aromatic heterocycles. The van der Waals surface area contributed by atoms with Gasteiger partial charge in [0.2, 0.25) is 0 Å². The molecule has 0 spiro atoms. The fraction of sp³-hybridized carbons (Fsp3) is 0.111. The van der Waals surface area contributed by atoms with Crippen LogP contribution in [0.2, 0.25) is 0 Å². The lowest BCUT2D eigenvalue weighted by molar-refractivity contribution is 0.0471. The summed E-state index contributed by atoms with van der Waals surface area (Å²) in [6, 6.07) is 1.92. The molecule has 80 valence electrons. The van der Waals surface area contributed by atoms with E-state index in [1.54, 1.807) is 0 Å². The number of aromatic nitrogens is 1. The van der Waals surface area contributed by atoms with E-state index in [0.29, 0.717) is 6.08 Å². The molecule has 15 heavy (non-hydrogen) atoms. The van der Waals surface area contributed by atoms with Gasteiger partial charge in [-0.25, -0.2) is 9.78 Å². The topological polar surface area (TPSA) is 76.2 Å². The van der Waals surface area contributed by atoms with Gasteiger partial charge < -0.3 is 10.8 Å². The molecule has 0 radical (unpaired) electrons. The summed E-state index contributed by atoms with van der Waals surface area (Å²) in [6.45, 7) is 2.93. The predicted molar refractivity (Wildman–Crippen MR) is 49.7 cm³/mol. The minimum atomic E-state index is -3.39. The number of hydrogen-bond donors (Lipinski definition) is 2. The van der Waals surface area contributed by atoms with Gasteiger partial charge in [-0.05, 0) is 18.2 Å². The molecule has 0 aliphatic rings. The predicted octanol–water partition coefficient (Wildman–Crippen LogP) is 1.64. The first-order valence-electron chi connectivity index (χ1n) is 3.89. The second kappa shape index (κ2) is 3.64. The molecule has 1 rings (SSSR count). The van der Waals surface area contributed by atoms with E-state index in [1.807, 2.05) is 0 Å². The molecular formula is C9H8F2N2O2. The van der Waals surface area contributed by atoms with Crippen molar-refractivity contribution in [2.75, 3.05) is 5.73 Å². The van der Waals surface area contributed by atoms with Crippen LogP contribution in [-0.4, -0.2) is 16.1 Å². The third kappa shape index (κ3) is 2.28. The lowest BCUT2D eigenvalue weighted by Gasteiger charge is -2.11. The van der Waals surface area contributed by atoms with Crippen LogP contribution in [-0.2, 0) is 5.92 Å². The number of aromatic carboxylic acids is 1. The van der Waals surface area contributed by atoms with Crippen molar-refractivity contribution in [3.8, 4) is 0 Å². The zero-order valence-corrected chi connectivity index (χ0v) is 7.58. The molecule has 1 aromatic rings. The lowest BCUT2D eigenvalue weighted by Crippen LogP contribution is -2.15. The summed E-state index contributed by atoms with van der Waals surface area (Å²) in [6.07, 6.45) is 0.375. The van der Waals surface area contributed by atoms with Crippen LogP contribution in [0.15, 0.2) is 24.8 Å². The summed E-state index contributed by atoms with van der Waals surface area (Å²) in [5.74, 6) is -4.80. The van der Waals surface area contributed by atoms with Crippen molar-refractivity contribution in [3.05, 3.63) is 36.2 Å². The average molecular weight is 214 g/mol. The zero-order chi connectivity index (χ0) is 11.6. The van der Waals surface area contributed by atoms with Crippen LogP contribution in [0.5, 0.6) is 0 Å². The minimum absolute atomic E-state index is 0.0843. The van der Waals surface area contributed by atoms with Gasteiger partial charge >= 0.3 is 11.9 Å². The SMILES string of the molecule is C=CC(F)(F)c1cc(N)cc(C(=O)O)n1. The Morgan fingerprint density at radius 2 is 2.20 bits per heavy atom. The fourth-order valence-electron chi connectivity index (χ4n) is 0.937. The van der Waals surface area contributed by atoms with Gasteiger partial charge in [0.05, 0.1) is 0 Å². The average Bonchev–Trinajstić information content (AvgIpc) is 2.16. The van der Waals surface area contributed by atoms with Crippen molar-refractivity contribution in [1.82, 2.24) is 4.98 Å². The molecule has 0 saturated heterocycles. The summed E-state index contributed by atoms with van der Waals surface area (Å²) >= 11 is 0. The Labute approximate surface area is 84.0 Å². The van der Waals surface area contributed by atoms with Crippen LogP contribution in [0.1, 0.15) is 16.2 Å². The van der Waals surface area contributed by atoms with Gasteiger partial charge in [0.25, 0.3) is 0 Å². The number of carboxylic acid groups (broad SMARTS) is 1. The second-order valence-corrected chi connectivity index (χ2v) is 2.80. The Hall–Kier alpha value is -1.98. The smallest absolute Gasteiger partial charge is 0.354 e. The maximum Gasteiger partial charge on any atom is 0.354 e. The Morgan fingerprint density at radius 3 is 2.67 bits per heavy atom. The molecule has 0 aliphatic heterocycles. The first kappa shape index (κ1) is 11.1. The Bertz CT molecular complexity index is 419. The van der Waals surface area contributed by atoms with Gasteiger partial charge in [-0.1, -0.05) is 6.58 Å². The van der Waals surface area contributed by atoms with Gasteiger partial charge in [-0.15, -0.1) is 0 Å². The highest BCUT2D eigenvalue weighted by atomic mass is 19.3. The molecule has 0 aliphatic carbocycles. The van der Waals surface area contributed by atoms with Gasteiger partial charge in [-0.3, -0.25) is 0 Å². The number of nitrogen functional groups attached to an aromatic ring is 1. The molecule has 3 N–H and O–H groups in total. The van der Waals surface area contributed by atoms with Crippen LogP contribution in [0.3, 0.4) is 0 Å².